The maximum atomic E-state index is 11.0. The van der Waals surface area contributed by atoms with Crippen molar-refractivity contribution in [1.82, 2.24) is 10.6 Å². The molecule has 0 rings (SSSR count). The highest BCUT2D eigenvalue weighted by molar-refractivity contribution is 8.77. The summed E-state index contributed by atoms with van der Waals surface area (Å²) in [5.41, 5.74) is 0. The van der Waals surface area contributed by atoms with Gasteiger partial charge >= 0.3 is 0 Å². The molecule has 11 heteroatoms. The second-order valence-corrected chi connectivity index (χ2v) is 11.1. The summed E-state index contributed by atoms with van der Waals surface area (Å²) in [5, 5.41) is 5.42. The third kappa shape index (κ3) is 29.8. The molecule has 0 radical (unpaired) electrons. The van der Waals surface area contributed by atoms with Crippen molar-refractivity contribution in [3.63, 3.8) is 0 Å². The van der Waals surface area contributed by atoms with E-state index in [0.717, 1.165) is 17.3 Å². The second-order valence-electron chi connectivity index (χ2n) is 5.84. The van der Waals surface area contributed by atoms with Gasteiger partial charge in [-0.15, -0.1) is 0 Å². The average Bonchev–Trinajstić information content (AvgIpc) is 2.71. The lowest BCUT2D eigenvalue weighted by atomic mass is 10.2. The van der Waals surface area contributed by atoms with Gasteiger partial charge in [-0.2, -0.15) is 0 Å². The Labute approximate surface area is 196 Å². The van der Waals surface area contributed by atoms with Crippen LogP contribution >= 0.6 is 43.2 Å². The number of ketones is 2. The first kappa shape index (κ1) is 31.8. The molecule has 0 aliphatic rings. The molecule has 0 aliphatic heterocycles. The number of rotatable bonds is 18. The van der Waals surface area contributed by atoms with E-state index >= 15 is 0 Å². The monoisotopic (exact) mass is 500 g/mol. The van der Waals surface area contributed by atoms with Crippen molar-refractivity contribution in [2.24, 2.45) is 0 Å². The predicted octanol–water partition coefficient (Wildman–Crippen LogP) is 3.37. The van der Waals surface area contributed by atoms with Gasteiger partial charge < -0.3 is 15.4 Å². The number of nitrogens with one attached hydrogen (secondary N) is 2. The molecular formula is C19H36N2O5S4. The van der Waals surface area contributed by atoms with Crippen molar-refractivity contribution >= 4 is 66.6 Å². The van der Waals surface area contributed by atoms with Gasteiger partial charge in [0.2, 0.25) is 11.8 Å². The van der Waals surface area contributed by atoms with Crippen molar-refractivity contribution in [3.8, 4) is 0 Å². The molecule has 0 bridgehead atoms. The fourth-order valence-corrected chi connectivity index (χ4v) is 5.22. The normalized spacial score (nSPS) is 10.0. The number of carbonyl (C=O) groups is 4. The van der Waals surface area contributed by atoms with Crippen molar-refractivity contribution in [1.29, 1.82) is 0 Å². The molecule has 176 valence electrons. The van der Waals surface area contributed by atoms with Gasteiger partial charge in [0, 0.05) is 63.5 Å². The van der Waals surface area contributed by atoms with Gasteiger partial charge in [-0.25, -0.2) is 0 Å². The molecule has 0 atom stereocenters. The Hall–Kier alpha value is -0.360. The lowest BCUT2D eigenvalue weighted by Gasteiger charge is -2.03. The Kier molecular flexibility index (Phi) is 26.4. The quantitative estimate of drug-likeness (QED) is 0.217. The van der Waals surface area contributed by atoms with Gasteiger partial charge in [0.1, 0.15) is 11.6 Å². The first-order valence-corrected chi connectivity index (χ1v) is 14.9. The van der Waals surface area contributed by atoms with Crippen LogP contribution in [0.25, 0.3) is 0 Å². The Morgan fingerprint density at radius 2 is 1.20 bits per heavy atom. The zero-order valence-electron chi connectivity index (χ0n) is 18.5. The minimum absolute atomic E-state index is 0.00441. The number of ether oxygens (including phenoxy) is 1. The molecule has 2 amide bonds. The van der Waals surface area contributed by atoms with E-state index in [1.54, 1.807) is 43.2 Å². The number of hydrogen-bond acceptors (Lipinski definition) is 9. The largest absolute Gasteiger partial charge is 0.380 e. The maximum Gasteiger partial charge on any atom is 0.216 e. The third-order valence-corrected chi connectivity index (χ3v) is 7.83. The predicted molar refractivity (Wildman–Crippen MR) is 133 cm³/mol. The summed E-state index contributed by atoms with van der Waals surface area (Å²) in [6.07, 6.45) is 1.73. The molecule has 0 aromatic rings. The molecule has 0 unspecified atom stereocenters. The number of Topliss-reactive ketones (excluding diaryl/α,β-unsaturated/α-hetero) is 2. The van der Waals surface area contributed by atoms with Crippen LogP contribution in [0.1, 0.15) is 47.0 Å². The van der Waals surface area contributed by atoms with Gasteiger partial charge in [0.25, 0.3) is 0 Å². The molecule has 0 aliphatic carbocycles. The van der Waals surface area contributed by atoms with Crippen LogP contribution in [0.2, 0.25) is 0 Å². The molecule has 0 fully saturated rings. The van der Waals surface area contributed by atoms with E-state index in [1.807, 2.05) is 13.8 Å². The highest BCUT2D eigenvalue weighted by Crippen LogP contribution is 2.20. The van der Waals surface area contributed by atoms with Crippen molar-refractivity contribution in [3.05, 3.63) is 0 Å². The smallest absolute Gasteiger partial charge is 0.216 e. The van der Waals surface area contributed by atoms with Crippen LogP contribution in [-0.4, -0.2) is 72.7 Å². The Morgan fingerprint density at radius 1 is 0.700 bits per heavy atom. The fraction of sp³-hybridized carbons (Fsp3) is 0.789. The maximum absolute atomic E-state index is 11.0. The molecule has 7 nitrogen and oxygen atoms in total. The minimum Gasteiger partial charge on any atom is -0.380 e. The zero-order chi connectivity index (χ0) is 23.0. The van der Waals surface area contributed by atoms with E-state index in [9.17, 15) is 19.2 Å². The molecule has 2 N–H and O–H groups in total. The van der Waals surface area contributed by atoms with E-state index < -0.39 is 0 Å². The van der Waals surface area contributed by atoms with Gasteiger partial charge in [-0.1, -0.05) is 57.0 Å². The van der Waals surface area contributed by atoms with Crippen molar-refractivity contribution in [2.45, 2.75) is 47.0 Å². The SMILES string of the molecule is CCC(=O)CCOCCSSCCNC(C)=O.CCC(=O)CSSCCNC(C)=O. The molecule has 0 aromatic carbocycles. The van der Waals surface area contributed by atoms with Crippen molar-refractivity contribution < 1.29 is 23.9 Å². The lowest BCUT2D eigenvalue weighted by molar-refractivity contribution is -0.120. The first-order valence-electron chi connectivity index (χ1n) is 9.92. The minimum atomic E-state index is -0.00441. The van der Waals surface area contributed by atoms with Crippen LogP contribution in [0.5, 0.6) is 0 Å². The number of carbonyl (C=O) groups excluding carboxylic acids is 4. The van der Waals surface area contributed by atoms with E-state index in [-0.39, 0.29) is 23.4 Å². The van der Waals surface area contributed by atoms with Gasteiger partial charge in [-0.3, -0.25) is 19.2 Å². The number of hydrogen-bond donors (Lipinski definition) is 2. The summed E-state index contributed by atoms with van der Waals surface area (Å²) in [7, 11) is 6.62. The van der Waals surface area contributed by atoms with Crippen LogP contribution in [0.4, 0.5) is 0 Å². The highest BCUT2D eigenvalue weighted by atomic mass is 33.1. The molecule has 30 heavy (non-hydrogen) atoms. The fourth-order valence-electron chi connectivity index (χ4n) is 1.48. The second kappa shape index (κ2) is 24.9. The van der Waals surface area contributed by atoms with Crippen LogP contribution in [0, 0.1) is 0 Å². The van der Waals surface area contributed by atoms with E-state index in [1.165, 1.54) is 13.8 Å². The van der Waals surface area contributed by atoms with E-state index in [4.69, 9.17) is 4.74 Å². The Bertz CT molecular complexity index is 482. The summed E-state index contributed by atoms with van der Waals surface area (Å²) < 4.78 is 5.33. The van der Waals surface area contributed by atoms with E-state index in [2.05, 4.69) is 10.6 Å². The lowest BCUT2D eigenvalue weighted by Crippen LogP contribution is -2.22. The van der Waals surface area contributed by atoms with Crippen LogP contribution in [0.3, 0.4) is 0 Å². The standard InChI is InChI=1S/C11H21NO3S2.C8H15NO2S2/c1-3-11(14)4-6-15-7-9-17-16-8-5-12-10(2)13;1-3-8(11)6-13-12-5-4-9-7(2)10/h3-9H2,1-2H3,(H,12,13);3-6H2,1-2H3,(H,9,10). The highest BCUT2D eigenvalue weighted by Gasteiger charge is 1.99. The van der Waals surface area contributed by atoms with Crippen LogP contribution in [0.15, 0.2) is 0 Å². The summed E-state index contributed by atoms with van der Waals surface area (Å²) in [6.45, 7) is 9.33. The Morgan fingerprint density at radius 3 is 1.70 bits per heavy atom. The molecule has 0 saturated heterocycles. The molecule has 0 heterocycles. The van der Waals surface area contributed by atoms with Gasteiger partial charge in [0.15, 0.2) is 0 Å². The third-order valence-electron chi connectivity index (χ3n) is 3.13. The molecule has 0 aromatic heterocycles. The number of amides is 2. The summed E-state index contributed by atoms with van der Waals surface area (Å²) in [5.74, 6) is 3.76. The van der Waals surface area contributed by atoms with Crippen molar-refractivity contribution in [2.75, 3.05) is 49.3 Å². The first-order chi connectivity index (χ1) is 14.3. The zero-order valence-corrected chi connectivity index (χ0v) is 21.7. The molecular weight excluding hydrogens is 464 g/mol. The van der Waals surface area contributed by atoms with Gasteiger partial charge in [-0.05, 0) is 0 Å². The topological polar surface area (TPSA) is 102 Å². The van der Waals surface area contributed by atoms with Crippen LogP contribution in [-0.2, 0) is 23.9 Å². The summed E-state index contributed by atoms with van der Waals surface area (Å²) in [6, 6.07) is 0. The molecule has 0 saturated carbocycles. The van der Waals surface area contributed by atoms with E-state index in [0.29, 0.717) is 51.3 Å². The Balaban J connectivity index is 0. The summed E-state index contributed by atoms with van der Waals surface area (Å²) >= 11 is 0. The van der Waals surface area contributed by atoms with Gasteiger partial charge in [0.05, 0.1) is 19.0 Å². The van der Waals surface area contributed by atoms with Crippen LogP contribution < -0.4 is 10.6 Å². The average molecular weight is 501 g/mol. The molecule has 0 spiro atoms. The summed E-state index contributed by atoms with van der Waals surface area (Å²) in [4.78, 5) is 42.8.